The Hall–Kier alpha value is -3.92. The first-order chi connectivity index (χ1) is 21.5. The second kappa shape index (κ2) is 13.4. The Labute approximate surface area is 262 Å². The SMILES string of the molecule is COc1cc(F)c(OC2CCC(C)(C(=O)O)CC2)cc1C(=O)N[C@@H]1C(C(=O)Nc2cccc(S(=O)(=O)C(F)(F)F)c2)CC[C@H]1OC. The number of methoxy groups -OCH3 is 2. The zero-order chi connectivity index (χ0) is 34.0. The van der Waals surface area contributed by atoms with Crippen LogP contribution in [-0.4, -0.2) is 69.3 Å². The molecule has 2 aliphatic rings. The van der Waals surface area contributed by atoms with Gasteiger partial charge in [-0.2, -0.15) is 13.2 Å². The molecule has 3 atom stereocenters. The van der Waals surface area contributed by atoms with Gasteiger partial charge >= 0.3 is 11.5 Å². The van der Waals surface area contributed by atoms with Gasteiger partial charge in [0.05, 0.1) is 47.2 Å². The summed E-state index contributed by atoms with van der Waals surface area (Å²) in [5.74, 6) is -4.49. The van der Waals surface area contributed by atoms with Gasteiger partial charge in [0.15, 0.2) is 11.6 Å². The van der Waals surface area contributed by atoms with E-state index in [1.54, 1.807) is 6.92 Å². The quantitative estimate of drug-likeness (QED) is 0.304. The van der Waals surface area contributed by atoms with Crippen LogP contribution >= 0.6 is 0 Å². The van der Waals surface area contributed by atoms with Crippen LogP contribution in [0, 0.1) is 17.2 Å². The van der Waals surface area contributed by atoms with E-state index in [0.29, 0.717) is 38.2 Å². The van der Waals surface area contributed by atoms with E-state index >= 15 is 0 Å². The van der Waals surface area contributed by atoms with E-state index in [0.717, 1.165) is 24.3 Å². The number of hydrogen-bond donors (Lipinski definition) is 3. The van der Waals surface area contributed by atoms with Crippen LogP contribution in [0.2, 0.25) is 0 Å². The molecule has 2 amide bonds. The van der Waals surface area contributed by atoms with E-state index < -0.39 is 73.4 Å². The number of ether oxygens (including phenoxy) is 3. The normalized spacial score (nSPS) is 25.0. The van der Waals surface area contributed by atoms with Gasteiger partial charge in [-0.1, -0.05) is 6.07 Å². The number of carbonyl (C=O) groups excluding carboxylic acids is 2. The molecule has 2 fully saturated rings. The van der Waals surface area contributed by atoms with Crippen LogP contribution in [-0.2, 0) is 24.2 Å². The maximum Gasteiger partial charge on any atom is 0.501 e. The molecule has 1 unspecified atom stereocenters. The van der Waals surface area contributed by atoms with E-state index in [9.17, 15) is 45.5 Å². The maximum atomic E-state index is 15.0. The molecule has 2 aromatic rings. The molecule has 0 aromatic heterocycles. The van der Waals surface area contributed by atoms with Crippen molar-refractivity contribution in [1.29, 1.82) is 0 Å². The number of aliphatic carboxylic acids is 1. The van der Waals surface area contributed by atoms with Crippen molar-refractivity contribution in [2.24, 2.45) is 11.3 Å². The molecular formula is C30H34F4N2O9S. The molecular weight excluding hydrogens is 640 g/mol. The number of anilines is 1. The molecule has 2 aromatic carbocycles. The third-order valence-electron chi connectivity index (χ3n) is 8.59. The van der Waals surface area contributed by atoms with Crippen LogP contribution < -0.4 is 20.1 Å². The van der Waals surface area contributed by atoms with Gasteiger partial charge in [-0.15, -0.1) is 0 Å². The summed E-state index contributed by atoms with van der Waals surface area (Å²) < 4.78 is 94.3. The van der Waals surface area contributed by atoms with Crippen LogP contribution in [0.1, 0.15) is 55.8 Å². The lowest BCUT2D eigenvalue weighted by molar-refractivity contribution is -0.150. The third-order valence-corrected chi connectivity index (χ3v) is 10.1. The Bertz CT molecular complexity index is 1590. The zero-order valence-corrected chi connectivity index (χ0v) is 26.0. The fourth-order valence-electron chi connectivity index (χ4n) is 5.76. The number of carboxylic acids is 1. The van der Waals surface area contributed by atoms with E-state index in [-0.39, 0.29) is 29.2 Å². The number of alkyl halides is 3. The first-order valence-corrected chi connectivity index (χ1v) is 15.8. The Balaban J connectivity index is 1.52. The number of benzene rings is 2. The molecule has 0 spiro atoms. The first-order valence-electron chi connectivity index (χ1n) is 14.3. The fraction of sp³-hybridized carbons (Fsp3) is 0.500. The van der Waals surface area contributed by atoms with Gasteiger partial charge in [-0.25, -0.2) is 12.8 Å². The van der Waals surface area contributed by atoms with Gasteiger partial charge in [0.1, 0.15) is 5.75 Å². The van der Waals surface area contributed by atoms with Gasteiger partial charge in [-0.3, -0.25) is 14.4 Å². The monoisotopic (exact) mass is 674 g/mol. The molecule has 2 aliphatic carbocycles. The van der Waals surface area contributed by atoms with Crippen molar-refractivity contribution < 1.29 is 59.7 Å². The minimum atomic E-state index is -5.66. The number of hydrogen-bond acceptors (Lipinski definition) is 8. The lowest BCUT2D eigenvalue weighted by Crippen LogP contribution is -2.48. The average molecular weight is 675 g/mol. The second-order valence-electron chi connectivity index (χ2n) is 11.6. The van der Waals surface area contributed by atoms with Crippen molar-refractivity contribution in [1.82, 2.24) is 5.32 Å². The predicted molar refractivity (Wildman–Crippen MR) is 155 cm³/mol. The van der Waals surface area contributed by atoms with Crippen molar-refractivity contribution in [3.8, 4) is 11.5 Å². The van der Waals surface area contributed by atoms with Crippen LogP contribution in [0.5, 0.6) is 11.5 Å². The van der Waals surface area contributed by atoms with E-state index in [2.05, 4.69) is 10.6 Å². The predicted octanol–water partition coefficient (Wildman–Crippen LogP) is 4.70. The highest BCUT2D eigenvalue weighted by Crippen LogP contribution is 2.39. The third kappa shape index (κ3) is 7.22. The van der Waals surface area contributed by atoms with Gasteiger partial charge < -0.3 is 30.0 Å². The van der Waals surface area contributed by atoms with Crippen molar-refractivity contribution >= 4 is 33.3 Å². The summed E-state index contributed by atoms with van der Waals surface area (Å²) in [5.41, 5.74) is -6.76. The zero-order valence-electron chi connectivity index (χ0n) is 25.1. The summed E-state index contributed by atoms with van der Waals surface area (Å²) in [6, 6.07) is 4.92. The largest absolute Gasteiger partial charge is 0.501 e. The lowest BCUT2D eigenvalue weighted by atomic mass is 9.75. The summed E-state index contributed by atoms with van der Waals surface area (Å²) in [5, 5.41) is 14.6. The van der Waals surface area contributed by atoms with Crippen molar-refractivity contribution in [2.45, 2.75) is 74.1 Å². The van der Waals surface area contributed by atoms with Crippen LogP contribution in [0.25, 0.3) is 0 Å². The van der Waals surface area contributed by atoms with Crippen molar-refractivity contribution in [2.75, 3.05) is 19.5 Å². The number of sulfone groups is 1. The van der Waals surface area contributed by atoms with Crippen molar-refractivity contribution in [3.63, 3.8) is 0 Å². The van der Waals surface area contributed by atoms with E-state index in [4.69, 9.17) is 14.2 Å². The highest BCUT2D eigenvalue weighted by atomic mass is 32.2. The Kier molecular flexibility index (Phi) is 10.2. The average Bonchev–Trinajstić information content (AvgIpc) is 3.41. The van der Waals surface area contributed by atoms with Crippen LogP contribution in [0.15, 0.2) is 41.3 Å². The Morgan fingerprint density at radius 2 is 1.67 bits per heavy atom. The molecule has 16 heteroatoms. The van der Waals surface area contributed by atoms with Gasteiger partial charge in [0.2, 0.25) is 5.91 Å². The van der Waals surface area contributed by atoms with Crippen LogP contribution in [0.4, 0.5) is 23.2 Å². The van der Waals surface area contributed by atoms with Crippen LogP contribution in [0.3, 0.4) is 0 Å². The number of amides is 2. The summed E-state index contributed by atoms with van der Waals surface area (Å²) in [6.45, 7) is 1.64. The smallest absolute Gasteiger partial charge is 0.496 e. The molecule has 46 heavy (non-hydrogen) atoms. The van der Waals surface area contributed by atoms with E-state index in [1.807, 2.05) is 0 Å². The molecule has 0 bridgehead atoms. The minimum absolute atomic E-state index is 0.115. The molecule has 0 saturated heterocycles. The standard InChI is InChI=1S/C30H34F4N2O9S/c1-29(28(39)40)11-9-17(10-12-29)45-24-14-20(23(44-3)15-21(24)31)27(38)36-25-19(7-8-22(25)43-2)26(37)35-16-5-4-6-18(13-16)46(41,42)30(32,33)34/h4-6,13-15,17,19,22,25H,7-12H2,1-3H3,(H,35,37)(H,36,38)(H,39,40)/t17?,19?,22-,25-,29?/m1/s1. The number of rotatable bonds is 10. The maximum absolute atomic E-state index is 15.0. The topological polar surface area (TPSA) is 157 Å². The molecule has 0 radical (unpaired) electrons. The highest BCUT2D eigenvalue weighted by Gasteiger charge is 2.47. The summed E-state index contributed by atoms with van der Waals surface area (Å²) in [6.07, 6.45) is 0.759. The molecule has 4 rings (SSSR count). The summed E-state index contributed by atoms with van der Waals surface area (Å²) >= 11 is 0. The lowest BCUT2D eigenvalue weighted by Gasteiger charge is -2.34. The Morgan fingerprint density at radius 3 is 2.26 bits per heavy atom. The van der Waals surface area contributed by atoms with E-state index in [1.165, 1.54) is 20.3 Å². The fourth-order valence-corrected chi connectivity index (χ4v) is 6.57. The minimum Gasteiger partial charge on any atom is -0.496 e. The molecule has 0 heterocycles. The second-order valence-corrected chi connectivity index (χ2v) is 13.5. The summed E-state index contributed by atoms with van der Waals surface area (Å²) in [7, 11) is -3.05. The molecule has 2 saturated carbocycles. The first kappa shape index (κ1) is 34.9. The molecule has 3 N–H and O–H groups in total. The van der Waals surface area contributed by atoms with Gasteiger partial charge in [0, 0.05) is 18.9 Å². The number of carbonyl (C=O) groups is 3. The molecule has 11 nitrogen and oxygen atoms in total. The molecule has 252 valence electrons. The number of nitrogens with one attached hydrogen (secondary N) is 2. The van der Waals surface area contributed by atoms with Gasteiger partial charge in [-0.05, 0) is 69.7 Å². The Morgan fingerprint density at radius 1 is 1.00 bits per heavy atom. The van der Waals surface area contributed by atoms with Crippen molar-refractivity contribution in [3.05, 3.63) is 47.8 Å². The highest BCUT2D eigenvalue weighted by molar-refractivity contribution is 7.92. The number of carboxylic acid groups (broad SMARTS) is 1. The van der Waals surface area contributed by atoms with Gasteiger partial charge in [0.25, 0.3) is 15.7 Å². The summed E-state index contributed by atoms with van der Waals surface area (Å²) in [4.78, 5) is 37.3. The number of halogens is 4. The molecule has 0 aliphatic heterocycles.